The summed E-state index contributed by atoms with van der Waals surface area (Å²) in [7, 11) is 0. The van der Waals surface area contributed by atoms with Crippen molar-refractivity contribution < 1.29 is 0 Å². The highest BCUT2D eigenvalue weighted by atomic mass is 35.5. The summed E-state index contributed by atoms with van der Waals surface area (Å²) in [5.41, 5.74) is 7.20. The molecule has 1 aliphatic rings. The van der Waals surface area contributed by atoms with Gasteiger partial charge < -0.3 is 10.6 Å². The lowest BCUT2D eigenvalue weighted by Gasteiger charge is -2.31. The van der Waals surface area contributed by atoms with Crippen LogP contribution in [0.3, 0.4) is 0 Å². The molecule has 1 heterocycles. The summed E-state index contributed by atoms with van der Waals surface area (Å²) in [4.78, 5) is 2.51. The van der Waals surface area contributed by atoms with Gasteiger partial charge >= 0.3 is 0 Å². The standard InChI is InChI=1S/C15H22Cl2N2/c1-11-4-3-8-19(10-11)9-7-14(18)12-5-2-6-13(16)15(12)17/h2,5-6,11,14H,3-4,7-10,18H2,1H3. The molecule has 1 aromatic rings. The van der Waals surface area contributed by atoms with E-state index in [2.05, 4.69) is 11.8 Å². The zero-order chi connectivity index (χ0) is 13.8. The van der Waals surface area contributed by atoms with Crippen LogP contribution in [0, 0.1) is 5.92 Å². The first kappa shape index (κ1) is 15.1. The molecule has 2 unspecified atom stereocenters. The Labute approximate surface area is 125 Å². The van der Waals surface area contributed by atoms with Crippen LogP contribution in [-0.4, -0.2) is 24.5 Å². The second-order valence-corrected chi connectivity index (χ2v) is 6.37. The maximum absolute atomic E-state index is 6.25. The van der Waals surface area contributed by atoms with Gasteiger partial charge in [0.2, 0.25) is 0 Å². The predicted molar refractivity (Wildman–Crippen MR) is 82.8 cm³/mol. The quantitative estimate of drug-likeness (QED) is 0.906. The number of nitrogens with zero attached hydrogens (tertiary/aromatic N) is 1. The highest BCUT2D eigenvalue weighted by molar-refractivity contribution is 6.42. The topological polar surface area (TPSA) is 29.3 Å². The van der Waals surface area contributed by atoms with Crippen molar-refractivity contribution in [3.05, 3.63) is 33.8 Å². The second-order valence-electron chi connectivity index (χ2n) is 5.59. The Hall–Kier alpha value is -0.280. The molecule has 0 aliphatic carbocycles. The van der Waals surface area contributed by atoms with Gasteiger partial charge in [-0.2, -0.15) is 0 Å². The molecule has 0 spiro atoms. The van der Waals surface area contributed by atoms with Gasteiger partial charge in [0, 0.05) is 12.6 Å². The van der Waals surface area contributed by atoms with E-state index in [1.807, 2.05) is 12.1 Å². The molecule has 106 valence electrons. The lowest BCUT2D eigenvalue weighted by Crippen LogP contribution is -2.36. The summed E-state index contributed by atoms with van der Waals surface area (Å²) in [5.74, 6) is 0.805. The van der Waals surface area contributed by atoms with Gasteiger partial charge in [0.05, 0.1) is 10.0 Å². The zero-order valence-electron chi connectivity index (χ0n) is 11.4. The van der Waals surface area contributed by atoms with Crippen molar-refractivity contribution >= 4 is 23.2 Å². The van der Waals surface area contributed by atoms with E-state index in [1.54, 1.807) is 6.07 Å². The fourth-order valence-electron chi connectivity index (χ4n) is 2.77. The van der Waals surface area contributed by atoms with E-state index in [4.69, 9.17) is 28.9 Å². The average Bonchev–Trinajstić information content (AvgIpc) is 2.39. The molecular weight excluding hydrogens is 279 g/mol. The summed E-state index contributed by atoms with van der Waals surface area (Å²) >= 11 is 12.2. The van der Waals surface area contributed by atoms with Crippen molar-refractivity contribution in [1.82, 2.24) is 4.90 Å². The third-order valence-electron chi connectivity index (χ3n) is 3.88. The van der Waals surface area contributed by atoms with Gasteiger partial charge in [-0.05, 0) is 49.9 Å². The van der Waals surface area contributed by atoms with Crippen molar-refractivity contribution in [2.45, 2.75) is 32.2 Å². The van der Waals surface area contributed by atoms with E-state index in [0.29, 0.717) is 10.0 Å². The number of piperidine rings is 1. The van der Waals surface area contributed by atoms with Crippen LogP contribution in [0.2, 0.25) is 10.0 Å². The highest BCUT2D eigenvalue weighted by Gasteiger charge is 2.18. The molecule has 2 nitrogen and oxygen atoms in total. The number of halogens is 2. The van der Waals surface area contributed by atoms with Crippen molar-refractivity contribution in [2.75, 3.05) is 19.6 Å². The van der Waals surface area contributed by atoms with Crippen molar-refractivity contribution in [3.8, 4) is 0 Å². The van der Waals surface area contributed by atoms with Crippen LogP contribution in [0.15, 0.2) is 18.2 Å². The third kappa shape index (κ3) is 4.09. The maximum atomic E-state index is 6.25. The number of nitrogens with two attached hydrogens (primary N) is 1. The van der Waals surface area contributed by atoms with Crippen LogP contribution >= 0.6 is 23.2 Å². The Kier molecular flexibility index (Phi) is 5.52. The number of likely N-dealkylation sites (tertiary alicyclic amines) is 1. The van der Waals surface area contributed by atoms with Crippen LogP contribution in [-0.2, 0) is 0 Å². The normalized spacial score (nSPS) is 22.4. The van der Waals surface area contributed by atoms with E-state index in [-0.39, 0.29) is 6.04 Å². The number of hydrogen-bond acceptors (Lipinski definition) is 2. The van der Waals surface area contributed by atoms with Gasteiger partial charge in [-0.1, -0.05) is 42.3 Å². The fraction of sp³-hybridized carbons (Fsp3) is 0.600. The molecule has 2 N–H and O–H groups in total. The first-order chi connectivity index (χ1) is 9.08. The lowest BCUT2D eigenvalue weighted by molar-refractivity contribution is 0.178. The molecule has 4 heteroatoms. The van der Waals surface area contributed by atoms with Crippen molar-refractivity contribution in [2.24, 2.45) is 11.7 Å². The summed E-state index contributed by atoms with van der Waals surface area (Å²) in [6.07, 6.45) is 3.57. The van der Waals surface area contributed by atoms with Gasteiger partial charge in [0.1, 0.15) is 0 Å². The molecule has 0 radical (unpaired) electrons. The highest BCUT2D eigenvalue weighted by Crippen LogP contribution is 2.30. The second kappa shape index (κ2) is 6.94. The van der Waals surface area contributed by atoms with Gasteiger partial charge in [-0.3, -0.25) is 0 Å². The van der Waals surface area contributed by atoms with Gasteiger partial charge in [-0.25, -0.2) is 0 Å². The molecule has 0 aromatic heterocycles. The predicted octanol–water partition coefficient (Wildman–Crippen LogP) is 4.12. The Morgan fingerprint density at radius 1 is 1.42 bits per heavy atom. The first-order valence-electron chi connectivity index (χ1n) is 6.99. The fourth-order valence-corrected chi connectivity index (χ4v) is 3.22. The monoisotopic (exact) mass is 300 g/mol. The van der Waals surface area contributed by atoms with Crippen molar-refractivity contribution in [1.29, 1.82) is 0 Å². The molecule has 1 saturated heterocycles. The van der Waals surface area contributed by atoms with E-state index in [0.717, 1.165) is 24.4 Å². The van der Waals surface area contributed by atoms with E-state index in [1.165, 1.54) is 25.9 Å². The van der Waals surface area contributed by atoms with Crippen LogP contribution < -0.4 is 5.73 Å². The molecule has 19 heavy (non-hydrogen) atoms. The Bertz CT molecular complexity index is 423. The van der Waals surface area contributed by atoms with E-state index in [9.17, 15) is 0 Å². The van der Waals surface area contributed by atoms with Crippen molar-refractivity contribution in [3.63, 3.8) is 0 Å². The lowest BCUT2D eigenvalue weighted by atomic mass is 9.99. The average molecular weight is 301 g/mol. The minimum absolute atomic E-state index is 0.0385. The summed E-state index contributed by atoms with van der Waals surface area (Å²) in [6.45, 7) is 5.74. The van der Waals surface area contributed by atoms with Crippen LogP contribution in [0.5, 0.6) is 0 Å². The first-order valence-corrected chi connectivity index (χ1v) is 7.75. The molecular formula is C15H22Cl2N2. The van der Waals surface area contributed by atoms with E-state index < -0.39 is 0 Å². The smallest absolute Gasteiger partial charge is 0.0640 e. The Balaban J connectivity index is 1.90. The van der Waals surface area contributed by atoms with Crippen LogP contribution in [0.4, 0.5) is 0 Å². The minimum Gasteiger partial charge on any atom is -0.324 e. The molecule has 2 rings (SSSR count). The van der Waals surface area contributed by atoms with Crippen LogP contribution in [0.1, 0.15) is 37.8 Å². The SMILES string of the molecule is CC1CCCN(CCC(N)c2cccc(Cl)c2Cl)C1. The summed E-state index contributed by atoms with van der Waals surface area (Å²) in [6, 6.07) is 5.64. The number of hydrogen-bond donors (Lipinski definition) is 1. The molecule has 0 bridgehead atoms. The number of rotatable bonds is 4. The van der Waals surface area contributed by atoms with E-state index >= 15 is 0 Å². The zero-order valence-corrected chi connectivity index (χ0v) is 12.9. The molecule has 1 aromatic carbocycles. The molecule has 0 amide bonds. The van der Waals surface area contributed by atoms with Crippen LogP contribution in [0.25, 0.3) is 0 Å². The van der Waals surface area contributed by atoms with Gasteiger partial charge in [0.25, 0.3) is 0 Å². The summed E-state index contributed by atoms with van der Waals surface area (Å²) in [5, 5.41) is 1.19. The Morgan fingerprint density at radius 2 is 2.21 bits per heavy atom. The molecule has 2 atom stereocenters. The maximum Gasteiger partial charge on any atom is 0.0640 e. The number of benzene rings is 1. The van der Waals surface area contributed by atoms with Gasteiger partial charge in [0.15, 0.2) is 0 Å². The van der Waals surface area contributed by atoms with Gasteiger partial charge in [-0.15, -0.1) is 0 Å². The summed E-state index contributed by atoms with van der Waals surface area (Å²) < 4.78 is 0. The minimum atomic E-state index is -0.0385. The molecule has 1 fully saturated rings. The molecule has 1 aliphatic heterocycles. The largest absolute Gasteiger partial charge is 0.324 e. The molecule has 0 saturated carbocycles. The Morgan fingerprint density at radius 3 is 2.95 bits per heavy atom. The third-order valence-corrected chi connectivity index (χ3v) is 4.71.